The van der Waals surface area contributed by atoms with Gasteiger partial charge in [-0.3, -0.25) is 4.79 Å². The first-order valence-electron chi connectivity index (χ1n) is 7.81. The molecule has 2 atom stereocenters. The van der Waals surface area contributed by atoms with E-state index in [4.69, 9.17) is 4.74 Å². The zero-order chi connectivity index (χ0) is 15.2. The van der Waals surface area contributed by atoms with E-state index in [9.17, 15) is 9.90 Å². The minimum atomic E-state index is -0.491. The summed E-state index contributed by atoms with van der Waals surface area (Å²) in [5.74, 6) is 0.728. The summed E-state index contributed by atoms with van der Waals surface area (Å²) in [7, 11) is 0. The highest BCUT2D eigenvalue weighted by Gasteiger charge is 2.22. The normalized spacial score (nSPS) is 18.7. The minimum Gasteiger partial charge on any atom is -0.481 e. The van der Waals surface area contributed by atoms with Crippen LogP contribution in [-0.2, 0) is 4.79 Å². The molecule has 0 spiro atoms. The molecule has 4 nitrogen and oxygen atoms in total. The Morgan fingerprint density at radius 2 is 1.67 bits per heavy atom. The number of likely N-dealkylation sites (tertiary alicyclic amines) is 1. The number of carbonyl (C=O) groups is 1. The molecule has 1 aliphatic rings. The number of hydrogen-bond acceptors (Lipinski definition) is 3. The van der Waals surface area contributed by atoms with Gasteiger partial charge < -0.3 is 14.7 Å². The second-order valence-corrected chi connectivity index (χ2v) is 5.74. The molecule has 0 radical (unpaired) electrons. The topological polar surface area (TPSA) is 49.8 Å². The van der Waals surface area contributed by atoms with Crippen LogP contribution in [0.25, 0.3) is 0 Å². The van der Waals surface area contributed by atoms with Crippen LogP contribution < -0.4 is 4.74 Å². The predicted octanol–water partition coefficient (Wildman–Crippen LogP) is 2.91. The molecule has 1 aromatic rings. The summed E-state index contributed by atoms with van der Waals surface area (Å²) in [4.78, 5) is 14.3. The molecule has 21 heavy (non-hydrogen) atoms. The molecular weight excluding hydrogens is 266 g/mol. The Kier molecular flexibility index (Phi) is 5.62. The number of hydrogen-bond donors (Lipinski definition) is 1. The highest BCUT2D eigenvalue weighted by Crippen LogP contribution is 2.19. The van der Waals surface area contributed by atoms with Crippen molar-refractivity contribution in [2.24, 2.45) is 0 Å². The Morgan fingerprint density at radius 3 is 2.19 bits per heavy atom. The molecule has 0 bridgehead atoms. The van der Waals surface area contributed by atoms with E-state index < -0.39 is 12.2 Å². The quantitative estimate of drug-likeness (QED) is 0.928. The lowest BCUT2D eigenvalue weighted by atomic mass is 10.1. The first-order valence-corrected chi connectivity index (χ1v) is 7.81. The van der Waals surface area contributed by atoms with Crippen molar-refractivity contribution < 1.29 is 14.6 Å². The largest absolute Gasteiger partial charge is 0.481 e. The van der Waals surface area contributed by atoms with Gasteiger partial charge in [0.15, 0.2) is 6.10 Å². The molecule has 0 aliphatic carbocycles. The molecule has 1 N–H and O–H groups in total. The van der Waals surface area contributed by atoms with Crippen molar-refractivity contribution in [2.75, 3.05) is 13.1 Å². The van der Waals surface area contributed by atoms with Gasteiger partial charge in [-0.25, -0.2) is 0 Å². The molecule has 1 saturated heterocycles. The van der Waals surface area contributed by atoms with E-state index >= 15 is 0 Å². The summed E-state index contributed by atoms with van der Waals surface area (Å²) in [6.45, 7) is 5.21. The molecule has 1 aromatic carbocycles. The molecule has 0 saturated carbocycles. The van der Waals surface area contributed by atoms with E-state index in [0.29, 0.717) is 5.75 Å². The first kappa shape index (κ1) is 15.8. The Hall–Kier alpha value is -1.55. The van der Waals surface area contributed by atoms with Gasteiger partial charge in [0.05, 0.1) is 6.10 Å². The van der Waals surface area contributed by atoms with Crippen LogP contribution in [0.15, 0.2) is 24.3 Å². The average molecular weight is 291 g/mol. The maximum atomic E-state index is 12.4. The first-order chi connectivity index (χ1) is 10.1. The van der Waals surface area contributed by atoms with Crippen LogP contribution >= 0.6 is 0 Å². The van der Waals surface area contributed by atoms with Crippen LogP contribution in [0.1, 0.15) is 51.2 Å². The van der Waals surface area contributed by atoms with E-state index in [0.717, 1.165) is 31.5 Å². The summed E-state index contributed by atoms with van der Waals surface area (Å²) in [6, 6.07) is 7.24. The Balaban J connectivity index is 1.93. The Morgan fingerprint density at radius 1 is 1.10 bits per heavy atom. The number of carbonyl (C=O) groups excluding carboxylic acids is 1. The number of aliphatic hydroxyl groups excluding tert-OH is 1. The van der Waals surface area contributed by atoms with Gasteiger partial charge in [0, 0.05) is 13.1 Å². The van der Waals surface area contributed by atoms with Gasteiger partial charge in [-0.2, -0.15) is 0 Å². The minimum absolute atomic E-state index is 0.0662. The van der Waals surface area contributed by atoms with Gasteiger partial charge in [-0.15, -0.1) is 0 Å². The Bertz CT molecular complexity index is 448. The number of amides is 1. The van der Waals surface area contributed by atoms with Gasteiger partial charge in [0.2, 0.25) is 0 Å². The number of rotatable bonds is 4. The van der Waals surface area contributed by atoms with Gasteiger partial charge in [-0.05, 0) is 44.4 Å². The highest BCUT2D eigenvalue weighted by atomic mass is 16.5. The smallest absolute Gasteiger partial charge is 0.263 e. The third-order valence-corrected chi connectivity index (χ3v) is 3.94. The van der Waals surface area contributed by atoms with Gasteiger partial charge in [-0.1, -0.05) is 25.0 Å². The fourth-order valence-corrected chi connectivity index (χ4v) is 2.63. The zero-order valence-electron chi connectivity index (χ0n) is 12.9. The highest BCUT2D eigenvalue weighted by molar-refractivity contribution is 5.80. The summed E-state index contributed by atoms with van der Waals surface area (Å²) >= 11 is 0. The number of benzene rings is 1. The lowest BCUT2D eigenvalue weighted by molar-refractivity contribution is -0.137. The van der Waals surface area contributed by atoms with Crippen LogP contribution in [0.3, 0.4) is 0 Å². The number of nitrogens with zero attached hydrogens (tertiary/aromatic N) is 1. The van der Waals surface area contributed by atoms with Crippen molar-refractivity contribution in [1.82, 2.24) is 4.90 Å². The van der Waals surface area contributed by atoms with Crippen LogP contribution in [-0.4, -0.2) is 35.1 Å². The van der Waals surface area contributed by atoms with E-state index in [-0.39, 0.29) is 5.91 Å². The SMILES string of the molecule is CC(Oc1ccc(C(C)O)cc1)C(=O)N1CCCCCC1. The monoisotopic (exact) mass is 291 g/mol. The van der Waals surface area contributed by atoms with Crippen LogP contribution in [0.5, 0.6) is 5.75 Å². The van der Waals surface area contributed by atoms with Crippen LogP contribution in [0.2, 0.25) is 0 Å². The van der Waals surface area contributed by atoms with Crippen molar-refractivity contribution in [2.45, 2.75) is 51.7 Å². The van der Waals surface area contributed by atoms with Crippen molar-refractivity contribution in [1.29, 1.82) is 0 Å². The maximum absolute atomic E-state index is 12.4. The molecule has 2 unspecified atom stereocenters. The Labute approximate surface area is 126 Å². The molecule has 1 amide bonds. The van der Waals surface area contributed by atoms with Crippen molar-refractivity contribution in [3.05, 3.63) is 29.8 Å². The van der Waals surface area contributed by atoms with Gasteiger partial charge in [0.1, 0.15) is 5.75 Å². The standard InChI is InChI=1S/C17H25NO3/c1-13(19)15-7-9-16(10-8-15)21-14(2)17(20)18-11-5-3-4-6-12-18/h7-10,13-14,19H,3-6,11-12H2,1-2H3. The lowest BCUT2D eigenvalue weighted by Crippen LogP contribution is -2.40. The second kappa shape index (κ2) is 7.46. The number of ether oxygens (including phenoxy) is 1. The van der Waals surface area contributed by atoms with Crippen LogP contribution in [0, 0.1) is 0 Å². The van der Waals surface area contributed by atoms with E-state index in [1.807, 2.05) is 17.0 Å². The predicted molar refractivity (Wildman–Crippen MR) is 82.2 cm³/mol. The van der Waals surface area contributed by atoms with Gasteiger partial charge >= 0.3 is 0 Å². The second-order valence-electron chi connectivity index (χ2n) is 5.74. The maximum Gasteiger partial charge on any atom is 0.263 e. The fourth-order valence-electron chi connectivity index (χ4n) is 2.63. The molecule has 1 aliphatic heterocycles. The molecule has 1 fully saturated rings. The summed E-state index contributed by atoms with van der Waals surface area (Å²) in [5, 5.41) is 9.48. The molecular formula is C17H25NO3. The summed E-state index contributed by atoms with van der Waals surface area (Å²) in [5.41, 5.74) is 0.842. The molecule has 4 heteroatoms. The molecule has 116 valence electrons. The molecule has 0 aromatic heterocycles. The molecule has 1 heterocycles. The van der Waals surface area contributed by atoms with E-state index in [2.05, 4.69) is 0 Å². The summed E-state index contributed by atoms with van der Waals surface area (Å²) in [6.07, 6.45) is 3.62. The fraction of sp³-hybridized carbons (Fsp3) is 0.588. The zero-order valence-corrected chi connectivity index (χ0v) is 12.9. The van der Waals surface area contributed by atoms with E-state index in [1.165, 1.54) is 12.8 Å². The summed E-state index contributed by atoms with van der Waals surface area (Å²) < 4.78 is 5.73. The van der Waals surface area contributed by atoms with Gasteiger partial charge in [0.25, 0.3) is 5.91 Å². The van der Waals surface area contributed by atoms with E-state index in [1.54, 1.807) is 26.0 Å². The van der Waals surface area contributed by atoms with Crippen molar-refractivity contribution >= 4 is 5.91 Å². The molecule has 2 rings (SSSR count). The van der Waals surface area contributed by atoms with Crippen molar-refractivity contribution in [3.8, 4) is 5.75 Å². The third-order valence-electron chi connectivity index (χ3n) is 3.94. The lowest BCUT2D eigenvalue weighted by Gasteiger charge is -2.24. The third kappa shape index (κ3) is 4.46. The average Bonchev–Trinajstić information content (AvgIpc) is 2.76. The number of aliphatic hydroxyl groups is 1. The van der Waals surface area contributed by atoms with Crippen LogP contribution in [0.4, 0.5) is 0 Å². The van der Waals surface area contributed by atoms with Crippen molar-refractivity contribution in [3.63, 3.8) is 0 Å².